The fourth-order valence-electron chi connectivity index (χ4n) is 1.55. The van der Waals surface area contributed by atoms with Crippen molar-refractivity contribution in [2.45, 2.75) is 10.9 Å². The molecule has 0 spiro atoms. The molecule has 2 rings (SSSR count). The van der Waals surface area contributed by atoms with Crippen LogP contribution >= 0.6 is 27.7 Å². The quantitative estimate of drug-likeness (QED) is 0.842. The Balaban J connectivity index is 2.00. The summed E-state index contributed by atoms with van der Waals surface area (Å²) in [6.07, 6.45) is 3.50. The number of hydrogen-bond donors (Lipinski definition) is 1. The highest BCUT2D eigenvalue weighted by Gasteiger charge is 2.11. The van der Waals surface area contributed by atoms with Gasteiger partial charge < -0.3 is 9.73 Å². The second-order valence-electron chi connectivity index (χ2n) is 3.64. The van der Waals surface area contributed by atoms with E-state index in [-0.39, 0.29) is 0 Å². The maximum Gasteiger partial charge on any atom is 0.0950 e. The molecule has 0 aliphatic rings. The third-order valence-corrected chi connectivity index (χ3v) is 4.66. The van der Waals surface area contributed by atoms with Gasteiger partial charge in [0.25, 0.3) is 0 Å². The number of halogens is 1. The van der Waals surface area contributed by atoms with Crippen molar-refractivity contribution >= 4 is 27.7 Å². The second-order valence-corrected chi connectivity index (χ2v) is 5.56. The Morgan fingerprint density at radius 2 is 2.18 bits per heavy atom. The van der Waals surface area contributed by atoms with Gasteiger partial charge in [0, 0.05) is 26.7 Å². The molecule has 1 aromatic heterocycles. The van der Waals surface area contributed by atoms with Crippen LogP contribution in [0.5, 0.6) is 0 Å². The maximum atomic E-state index is 5.11. The van der Waals surface area contributed by atoms with Crippen LogP contribution in [0.15, 0.2) is 56.6 Å². The molecule has 1 unspecified atom stereocenters. The zero-order chi connectivity index (χ0) is 12.1. The van der Waals surface area contributed by atoms with Crippen molar-refractivity contribution < 1.29 is 4.42 Å². The van der Waals surface area contributed by atoms with E-state index in [1.807, 2.05) is 30.9 Å². The molecule has 1 N–H and O–H groups in total. The van der Waals surface area contributed by atoms with Gasteiger partial charge in [0.15, 0.2) is 0 Å². The Bertz CT molecular complexity index is 458. The Morgan fingerprint density at radius 1 is 1.35 bits per heavy atom. The Hall–Kier alpha value is -0.710. The smallest absolute Gasteiger partial charge is 0.0950 e. The Kier molecular flexibility index (Phi) is 4.71. The fourth-order valence-corrected chi connectivity index (χ4v) is 3.27. The molecule has 0 aliphatic heterocycles. The zero-order valence-corrected chi connectivity index (χ0v) is 11.9. The molecule has 0 radical (unpaired) electrons. The van der Waals surface area contributed by atoms with Crippen molar-refractivity contribution in [2.75, 3.05) is 12.8 Å². The third kappa shape index (κ3) is 3.37. The first kappa shape index (κ1) is 12.7. The lowest BCUT2D eigenvalue weighted by molar-refractivity contribution is 0.555. The van der Waals surface area contributed by atoms with E-state index in [0.29, 0.717) is 6.04 Å². The summed E-state index contributed by atoms with van der Waals surface area (Å²) in [5.74, 6) is 0.971. The minimum Gasteiger partial charge on any atom is -0.472 e. The molecule has 17 heavy (non-hydrogen) atoms. The van der Waals surface area contributed by atoms with Crippen LogP contribution in [0.2, 0.25) is 0 Å². The molecule has 1 aromatic carbocycles. The summed E-state index contributed by atoms with van der Waals surface area (Å²) < 4.78 is 6.26. The van der Waals surface area contributed by atoms with E-state index in [2.05, 4.69) is 39.4 Å². The van der Waals surface area contributed by atoms with Gasteiger partial charge in [-0.05, 0) is 41.2 Å². The predicted octanol–water partition coefficient (Wildman–Crippen LogP) is 4.09. The summed E-state index contributed by atoms with van der Waals surface area (Å²) in [6.45, 7) is 0. The highest BCUT2D eigenvalue weighted by Crippen LogP contribution is 2.30. The van der Waals surface area contributed by atoms with Crippen LogP contribution in [0.25, 0.3) is 0 Å². The van der Waals surface area contributed by atoms with E-state index in [1.165, 1.54) is 10.5 Å². The number of rotatable bonds is 5. The van der Waals surface area contributed by atoms with Gasteiger partial charge in [-0.25, -0.2) is 0 Å². The van der Waals surface area contributed by atoms with Gasteiger partial charge in [-0.2, -0.15) is 0 Å². The summed E-state index contributed by atoms with van der Waals surface area (Å²) in [5, 5.41) is 3.30. The summed E-state index contributed by atoms with van der Waals surface area (Å²) in [4.78, 5) is 1.26. The number of furan rings is 1. The SMILES string of the molecule is CNC(CSc1ccccc1Br)c1ccoc1. The zero-order valence-electron chi connectivity index (χ0n) is 9.52. The second kappa shape index (κ2) is 6.28. The van der Waals surface area contributed by atoms with Gasteiger partial charge in [-0.15, -0.1) is 11.8 Å². The van der Waals surface area contributed by atoms with Crippen LogP contribution in [0.3, 0.4) is 0 Å². The van der Waals surface area contributed by atoms with Gasteiger partial charge in [0.05, 0.1) is 12.5 Å². The predicted molar refractivity (Wildman–Crippen MR) is 75.4 cm³/mol. The first-order chi connectivity index (χ1) is 8.31. The van der Waals surface area contributed by atoms with Crippen LogP contribution in [0.4, 0.5) is 0 Å². The molecule has 0 saturated heterocycles. The van der Waals surface area contributed by atoms with Crippen LogP contribution in [0.1, 0.15) is 11.6 Å². The third-order valence-electron chi connectivity index (χ3n) is 2.54. The van der Waals surface area contributed by atoms with E-state index in [0.717, 1.165) is 10.2 Å². The molecule has 2 nitrogen and oxygen atoms in total. The molecular formula is C13H14BrNOS. The van der Waals surface area contributed by atoms with Gasteiger partial charge in [0.1, 0.15) is 0 Å². The molecule has 90 valence electrons. The van der Waals surface area contributed by atoms with Crippen LogP contribution < -0.4 is 5.32 Å². The molecule has 0 amide bonds. The molecule has 0 bridgehead atoms. The molecule has 1 heterocycles. The topological polar surface area (TPSA) is 25.2 Å². The average molecular weight is 312 g/mol. The highest BCUT2D eigenvalue weighted by atomic mass is 79.9. The molecule has 4 heteroatoms. The largest absolute Gasteiger partial charge is 0.472 e. The minimum atomic E-state index is 0.311. The standard InChI is InChI=1S/C13H14BrNOS/c1-15-12(10-6-7-16-8-10)9-17-13-5-3-2-4-11(13)14/h2-8,12,15H,9H2,1H3. The number of thioether (sulfide) groups is 1. The van der Waals surface area contributed by atoms with E-state index in [9.17, 15) is 0 Å². The Morgan fingerprint density at radius 3 is 2.82 bits per heavy atom. The van der Waals surface area contributed by atoms with E-state index >= 15 is 0 Å². The first-order valence-corrected chi connectivity index (χ1v) is 7.16. The summed E-state index contributed by atoms with van der Waals surface area (Å²) in [6, 6.07) is 10.6. The monoisotopic (exact) mass is 311 g/mol. The van der Waals surface area contributed by atoms with Gasteiger partial charge in [0.2, 0.25) is 0 Å². The molecule has 0 fully saturated rings. The van der Waals surface area contributed by atoms with Gasteiger partial charge in [-0.3, -0.25) is 0 Å². The fraction of sp³-hybridized carbons (Fsp3) is 0.231. The van der Waals surface area contributed by atoms with Gasteiger partial charge >= 0.3 is 0 Å². The van der Waals surface area contributed by atoms with E-state index in [1.54, 1.807) is 12.5 Å². The molecule has 0 aliphatic carbocycles. The number of benzene rings is 1. The summed E-state index contributed by atoms with van der Waals surface area (Å²) in [5.41, 5.74) is 1.19. The van der Waals surface area contributed by atoms with Crippen molar-refractivity contribution in [3.8, 4) is 0 Å². The minimum absolute atomic E-state index is 0.311. The molecular weight excluding hydrogens is 298 g/mol. The lowest BCUT2D eigenvalue weighted by Gasteiger charge is -2.14. The van der Waals surface area contributed by atoms with Crippen molar-refractivity contribution in [2.24, 2.45) is 0 Å². The molecule has 1 atom stereocenters. The van der Waals surface area contributed by atoms with Crippen molar-refractivity contribution in [1.29, 1.82) is 0 Å². The highest BCUT2D eigenvalue weighted by molar-refractivity contribution is 9.10. The van der Waals surface area contributed by atoms with Crippen LogP contribution in [-0.4, -0.2) is 12.8 Å². The number of nitrogens with one attached hydrogen (secondary N) is 1. The number of hydrogen-bond acceptors (Lipinski definition) is 3. The van der Waals surface area contributed by atoms with Crippen molar-refractivity contribution in [3.05, 3.63) is 52.9 Å². The van der Waals surface area contributed by atoms with Crippen molar-refractivity contribution in [1.82, 2.24) is 5.32 Å². The normalized spacial score (nSPS) is 12.6. The Labute approximate surface area is 114 Å². The van der Waals surface area contributed by atoms with E-state index in [4.69, 9.17) is 4.42 Å². The summed E-state index contributed by atoms with van der Waals surface area (Å²) >= 11 is 5.38. The lowest BCUT2D eigenvalue weighted by atomic mass is 10.2. The lowest BCUT2D eigenvalue weighted by Crippen LogP contribution is -2.17. The van der Waals surface area contributed by atoms with Gasteiger partial charge in [-0.1, -0.05) is 12.1 Å². The molecule has 0 saturated carbocycles. The van der Waals surface area contributed by atoms with Crippen molar-refractivity contribution in [3.63, 3.8) is 0 Å². The summed E-state index contributed by atoms with van der Waals surface area (Å²) in [7, 11) is 1.97. The molecule has 2 aromatic rings. The average Bonchev–Trinajstić information content (AvgIpc) is 2.86. The van der Waals surface area contributed by atoms with Crippen LogP contribution in [-0.2, 0) is 0 Å². The first-order valence-electron chi connectivity index (χ1n) is 5.38. The maximum absolute atomic E-state index is 5.11. The van der Waals surface area contributed by atoms with Crippen LogP contribution in [0, 0.1) is 0 Å². The van der Waals surface area contributed by atoms with E-state index < -0.39 is 0 Å².